The minimum Gasteiger partial charge on any atom is -0.342 e. The second-order valence-electron chi connectivity index (χ2n) is 6.63. The molecule has 2 amide bonds. The van der Waals surface area contributed by atoms with Gasteiger partial charge in [-0.2, -0.15) is 0 Å². The van der Waals surface area contributed by atoms with E-state index in [-0.39, 0.29) is 11.8 Å². The van der Waals surface area contributed by atoms with E-state index < -0.39 is 0 Å². The largest absolute Gasteiger partial charge is 0.342 e. The fourth-order valence-corrected chi connectivity index (χ4v) is 4.27. The van der Waals surface area contributed by atoms with Gasteiger partial charge in [0.1, 0.15) is 0 Å². The predicted octanol–water partition coefficient (Wildman–Crippen LogP) is 4.33. The molecule has 2 aromatic carbocycles. The zero-order chi connectivity index (χ0) is 19.2. The highest BCUT2D eigenvalue weighted by Gasteiger charge is 2.20. The average Bonchev–Trinajstić information content (AvgIpc) is 3.22. The Morgan fingerprint density at radius 1 is 1.07 bits per heavy atom. The van der Waals surface area contributed by atoms with Crippen LogP contribution in [0.15, 0.2) is 53.4 Å². The van der Waals surface area contributed by atoms with Crippen molar-refractivity contribution in [1.82, 2.24) is 9.80 Å². The van der Waals surface area contributed by atoms with E-state index in [9.17, 15) is 9.59 Å². The second kappa shape index (κ2) is 9.29. The first-order chi connectivity index (χ1) is 13.1. The number of hydrogen-bond acceptors (Lipinski definition) is 3. The maximum Gasteiger partial charge on any atom is 0.255 e. The third kappa shape index (κ3) is 5.05. The molecule has 0 N–H and O–H groups in total. The van der Waals surface area contributed by atoms with E-state index in [1.54, 1.807) is 11.9 Å². The van der Waals surface area contributed by atoms with Crippen LogP contribution in [0.4, 0.5) is 0 Å². The molecule has 0 saturated carbocycles. The molecule has 0 spiro atoms. The first-order valence-corrected chi connectivity index (χ1v) is 10.4. The summed E-state index contributed by atoms with van der Waals surface area (Å²) in [6.45, 7) is 2.13. The molecule has 1 saturated heterocycles. The van der Waals surface area contributed by atoms with Crippen LogP contribution < -0.4 is 0 Å². The minimum absolute atomic E-state index is 0.0772. The van der Waals surface area contributed by atoms with Crippen LogP contribution in [0.5, 0.6) is 0 Å². The first kappa shape index (κ1) is 19.8. The highest BCUT2D eigenvalue weighted by Crippen LogP contribution is 2.25. The molecule has 0 atom stereocenters. The Hall–Kier alpha value is -1.98. The van der Waals surface area contributed by atoms with E-state index in [1.807, 2.05) is 53.4 Å². The quantitative estimate of drug-likeness (QED) is 0.675. The van der Waals surface area contributed by atoms with Gasteiger partial charge in [-0.1, -0.05) is 41.9 Å². The van der Waals surface area contributed by atoms with Gasteiger partial charge in [0.2, 0.25) is 5.91 Å². The molecule has 3 rings (SSSR count). The lowest BCUT2D eigenvalue weighted by Gasteiger charge is -2.20. The van der Waals surface area contributed by atoms with Gasteiger partial charge in [-0.3, -0.25) is 9.59 Å². The lowest BCUT2D eigenvalue weighted by Crippen LogP contribution is -2.29. The molecular weight excluding hydrogens is 380 g/mol. The van der Waals surface area contributed by atoms with Gasteiger partial charge in [-0.05, 0) is 36.6 Å². The zero-order valence-electron chi connectivity index (χ0n) is 15.4. The van der Waals surface area contributed by atoms with Crippen LogP contribution in [0.25, 0.3) is 0 Å². The van der Waals surface area contributed by atoms with E-state index in [0.29, 0.717) is 22.9 Å². The van der Waals surface area contributed by atoms with Crippen molar-refractivity contribution in [2.45, 2.75) is 24.3 Å². The number of likely N-dealkylation sites (tertiary alicyclic amines) is 1. The number of benzene rings is 2. The van der Waals surface area contributed by atoms with Crippen molar-refractivity contribution in [2.24, 2.45) is 0 Å². The topological polar surface area (TPSA) is 40.6 Å². The molecule has 0 unspecified atom stereocenters. The number of rotatable bonds is 6. The number of halogens is 1. The Morgan fingerprint density at radius 2 is 1.74 bits per heavy atom. The van der Waals surface area contributed by atoms with E-state index >= 15 is 0 Å². The third-order valence-electron chi connectivity index (χ3n) is 4.64. The SMILES string of the molecule is CN(Cc1ccccc1Cl)C(=O)c1ccccc1SCC(=O)N1CCCC1. The van der Waals surface area contributed by atoms with E-state index in [2.05, 4.69) is 0 Å². The molecule has 0 aliphatic carbocycles. The third-order valence-corrected chi connectivity index (χ3v) is 6.07. The summed E-state index contributed by atoms with van der Waals surface area (Å²) >= 11 is 7.65. The van der Waals surface area contributed by atoms with Gasteiger partial charge in [0, 0.05) is 36.6 Å². The van der Waals surface area contributed by atoms with E-state index in [4.69, 9.17) is 11.6 Å². The summed E-state index contributed by atoms with van der Waals surface area (Å²) in [5.41, 5.74) is 1.52. The van der Waals surface area contributed by atoms with Crippen molar-refractivity contribution in [3.8, 4) is 0 Å². The molecule has 4 nitrogen and oxygen atoms in total. The van der Waals surface area contributed by atoms with Gasteiger partial charge >= 0.3 is 0 Å². The van der Waals surface area contributed by atoms with Crippen LogP contribution in [-0.4, -0.2) is 47.5 Å². The van der Waals surface area contributed by atoms with Gasteiger partial charge in [-0.25, -0.2) is 0 Å². The van der Waals surface area contributed by atoms with Gasteiger partial charge < -0.3 is 9.80 Å². The summed E-state index contributed by atoms with van der Waals surface area (Å²) in [7, 11) is 1.77. The van der Waals surface area contributed by atoms with E-state index in [1.165, 1.54) is 11.8 Å². The standard InChI is InChI=1S/C21H23ClN2O2S/c1-23(14-16-8-2-4-10-18(16)22)21(26)17-9-3-5-11-19(17)27-15-20(25)24-12-6-7-13-24/h2-5,8-11H,6-7,12-15H2,1H3. The number of carbonyl (C=O) groups is 2. The normalized spacial score (nSPS) is 13.6. The highest BCUT2D eigenvalue weighted by atomic mass is 35.5. The van der Waals surface area contributed by atoms with Crippen LogP contribution >= 0.6 is 23.4 Å². The first-order valence-electron chi connectivity index (χ1n) is 9.04. The van der Waals surface area contributed by atoms with Crippen LogP contribution in [0.2, 0.25) is 5.02 Å². The fourth-order valence-electron chi connectivity index (χ4n) is 3.13. The van der Waals surface area contributed by atoms with Gasteiger partial charge in [0.25, 0.3) is 5.91 Å². The molecule has 1 fully saturated rings. The Bertz CT molecular complexity index is 821. The molecule has 142 valence electrons. The van der Waals surface area contributed by atoms with Crippen molar-refractivity contribution < 1.29 is 9.59 Å². The van der Waals surface area contributed by atoms with Gasteiger partial charge in [0.05, 0.1) is 11.3 Å². The molecule has 6 heteroatoms. The highest BCUT2D eigenvalue weighted by molar-refractivity contribution is 8.00. The predicted molar refractivity (Wildman–Crippen MR) is 110 cm³/mol. The number of carbonyl (C=O) groups excluding carboxylic acids is 2. The van der Waals surface area contributed by atoms with Gasteiger partial charge in [-0.15, -0.1) is 11.8 Å². The van der Waals surface area contributed by atoms with Crippen LogP contribution in [-0.2, 0) is 11.3 Å². The van der Waals surface area contributed by atoms with Crippen LogP contribution in [0, 0.1) is 0 Å². The number of amides is 2. The summed E-state index contributed by atoms with van der Waals surface area (Å²) < 4.78 is 0. The zero-order valence-corrected chi connectivity index (χ0v) is 16.9. The lowest BCUT2D eigenvalue weighted by molar-refractivity contribution is -0.127. The Morgan fingerprint density at radius 3 is 2.48 bits per heavy atom. The number of nitrogens with zero attached hydrogens (tertiary/aromatic N) is 2. The summed E-state index contributed by atoms with van der Waals surface area (Å²) in [6.07, 6.45) is 2.16. The van der Waals surface area contributed by atoms with Crippen molar-refractivity contribution >= 4 is 35.2 Å². The fraction of sp³-hybridized carbons (Fsp3) is 0.333. The molecule has 0 aromatic heterocycles. The monoisotopic (exact) mass is 402 g/mol. The van der Waals surface area contributed by atoms with Gasteiger partial charge in [0.15, 0.2) is 0 Å². The molecule has 1 aliphatic rings. The Balaban J connectivity index is 1.67. The van der Waals surface area contributed by atoms with Crippen LogP contribution in [0.3, 0.4) is 0 Å². The molecule has 27 heavy (non-hydrogen) atoms. The Labute approximate surface area is 169 Å². The number of thioether (sulfide) groups is 1. The maximum atomic E-state index is 13.0. The van der Waals surface area contributed by atoms with Crippen molar-refractivity contribution in [3.05, 3.63) is 64.7 Å². The van der Waals surface area contributed by atoms with Crippen molar-refractivity contribution in [2.75, 3.05) is 25.9 Å². The summed E-state index contributed by atoms with van der Waals surface area (Å²) in [4.78, 5) is 29.7. The van der Waals surface area contributed by atoms with Crippen molar-refractivity contribution in [3.63, 3.8) is 0 Å². The molecular formula is C21H23ClN2O2S. The summed E-state index contributed by atoms with van der Waals surface area (Å²) in [5.74, 6) is 0.425. The molecule has 2 aromatic rings. The van der Waals surface area contributed by atoms with Crippen molar-refractivity contribution in [1.29, 1.82) is 0 Å². The smallest absolute Gasteiger partial charge is 0.255 e. The molecule has 1 heterocycles. The van der Waals surface area contributed by atoms with Crippen LogP contribution in [0.1, 0.15) is 28.8 Å². The molecule has 0 radical (unpaired) electrons. The maximum absolute atomic E-state index is 13.0. The average molecular weight is 403 g/mol. The number of hydrogen-bond donors (Lipinski definition) is 0. The minimum atomic E-state index is -0.0772. The summed E-state index contributed by atoms with van der Waals surface area (Å²) in [5, 5.41) is 0.649. The molecule has 1 aliphatic heterocycles. The second-order valence-corrected chi connectivity index (χ2v) is 8.05. The summed E-state index contributed by atoms with van der Waals surface area (Å²) in [6, 6.07) is 15.0. The lowest BCUT2D eigenvalue weighted by atomic mass is 10.1. The van der Waals surface area contributed by atoms with E-state index in [0.717, 1.165) is 36.4 Å². The Kier molecular flexibility index (Phi) is 6.80. The molecule has 0 bridgehead atoms.